The summed E-state index contributed by atoms with van der Waals surface area (Å²) in [6, 6.07) is 0. The summed E-state index contributed by atoms with van der Waals surface area (Å²) in [4.78, 5) is 6.38. The summed E-state index contributed by atoms with van der Waals surface area (Å²) in [6.45, 7) is 3.69. The first kappa shape index (κ1) is 13.3. The lowest BCUT2D eigenvalue weighted by Crippen LogP contribution is -2.37. The van der Waals surface area contributed by atoms with Crippen molar-refractivity contribution in [1.82, 2.24) is 14.9 Å². The third kappa shape index (κ3) is 3.22. The molecule has 0 saturated carbocycles. The largest absolute Gasteiger partial charge is 0.376 e. The Balaban J connectivity index is 1.79. The molecule has 1 unspecified atom stereocenters. The predicted molar refractivity (Wildman–Crippen MR) is 69.8 cm³/mol. The van der Waals surface area contributed by atoms with E-state index < -0.39 is 0 Å². The monoisotopic (exact) mass is 254 g/mol. The fourth-order valence-electron chi connectivity index (χ4n) is 2.03. The zero-order valence-electron chi connectivity index (χ0n) is 11.3. The molecule has 1 N–H and O–H groups in total. The Morgan fingerprint density at radius 1 is 1.50 bits per heavy atom. The molecular formula is C12H22N4O2. The third-order valence-electron chi connectivity index (χ3n) is 3.02. The van der Waals surface area contributed by atoms with E-state index in [2.05, 4.69) is 14.9 Å². The van der Waals surface area contributed by atoms with Crippen molar-refractivity contribution in [1.29, 1.82) is 0 Å². The molecule has 0 aromatic carbocycles. The maximum absolute atomic E-state index is 5.57. The van der Waals surface area contributed by atoms with Gasteiger partial charge in [-0.2, -0.15) is 0 Å². The van der Waals surface area contributed by atoms with Crippen LogP contribution in [0.1, 0.15) is 5.69 Å². The fraction of sp³-hybridized carbons (Fsp3) is 0.750. The molecule has 102 valence electrons. The topological polar surface area (TPSA) is 51.6 Å². The van der Waals surface area contributed by atoms with Crippen molar-refractivity contribution in [2.75, 3.05) is 45.4 Å². The van der Waals surface area contributed by atoms with Crippen molar-refractivity contribution >= 4 is 5.95 Å². The highest BCUT2D eigenvalue weighted by Gasteiger charge is 2.14. The zero-order valence-corrected chi connectivity index (χ0v) is 11.3. The minimum atomic E-state index is 0.167. The summed E-state index contributed by atoms with van der Waals surface area (Å²) >= 11 is 0. The van der Waals surface area contributed by atoms with Crippen molar-refractivity contribution in [3.63, 3.8) is 0 Å². The van der Waals surface area contributed by atoms with E-state index >= 15 is 0 Å². The molecule has 1 aliphatic heterocycles. The molecule has 1 aliphatic rings. The summed E-state index contributed by atoms with van der Waals surface area (Å²) in [5.74, 6) is 0.962. The number of nitrogens with zero attached hydrogens (tertiary/aromatic N) is 3. The summed E-state index contributed by atoms with van der Waals surface area (Å²) in [5.41, 5.74) is 1.16. The highest BCUT2D eigenvalue weighted by atomic mass is 16.6. The minimum Gasteiger partial charge on any atom is -0.376 e. The van der Waals surface area contributed by atoms with Crippen molar-refractivity contribution in [2.24, 2.45) is 7.05 Å². The third-order valence-corrected chi connectivity index (χ3v) is 3.02. The molecule has 0 radical (unpaired) electrons. The molecule has 1 aromatic rings. The molecule has 0 spiro atoms. The highest BCUT2D eigenvalue weighted by Crippen LogP contribution is 2.10. The molecule has 18 heavy (non-hydrogen) atoms. The molecule has 1 fully saturated rings. The van der Waals surface area contributed by atoms with Crippen molar-refractivity contribution < 1.29 is 9.47 Å². The smallest absolute Gasteiger partial charge is 0.204 e. The number of rotatable bonds is 5. The van der Waals surface area contributed by atoms with Gasteiger partial charge in [0, 0.05) is 34.2 Å². The maximum atomic E-state index is 5.57. The van der Waals surface area contributed by atoms with Gasteiger partial charge in [-0.1, -0.05) is 0 Å². The van der Waals surface area contributed by atoms with E-state index in [0.29, 0.717) is 19.8 Å². The Morgan fingerprint density at radius 2 is 2.33 bits per heavy atom. The number of anilines is 1. The second-order valence-electron chi connectivity index (χ2n) is 4.70. The average molecular weight is 254 g/mol. The van der Waals surface area contributed by atoms with Gasteiger partial charge < -0.3 is 24.3 Å². The van der Waals surface area contributed by atoms with Crippen molar-refractivity contribution in [3.8, 4) is 0 Å². The van der Waals surface area contributed by atoms with Crippen LogP contribution in [-0.2, 0) is 23.1 Å². The van der Waals surface area contributed by atoms with Gasteiger partial charge in [-0.15, -0.1) is 0 Å². The number of ether oxygens (including phenoxy) is 2. The van der Waals surface area contributed by atoms with E-state index in [4.69, 9.17) is 9.47 Å². The van der Waals surface area contributed by atoms with Crippen molar-refractivity contribution in [2.45, 2.75) is 12.6 Å². The van der Waals surface area contributed by atoms with E-state index in [1.54, 1.807) is 0 Å². The van der Waals surface area contributed by atoms with E-state index in [0.717, 1.165) is 24.7 Å². The van der Waals surface area contributed by atoms with Gasteiger partial charge in [0.15, 0.2) is 0 Å². The van der Waals surface area contributed by atoms with E-state index in [-0.39, 0.29) is 6.10 Å². The Bertz CT molecular complexity index is 372. The SMILES string of the molecule is CN(C)c1ncc(CNCC2COCCO2)n1C. The van der Waals surface area contributed by atoms with Crippen LogP contribution in [0.5, 0.6) is 0 Å². The zero-order chi connectivity index (χ0) is 13.0. The van der Waals surface area contributed by atoms with Crippen LogP contribution in [0.3, 0.4) is 0 Å². The Labute approximate surface area is 108 Å². The second-order valence-corrected chi connectivity index (χ2v) is 4.70. The van der Waals surface area contributed by atoms with Crippen LogP contribution < -0.4 is 10.2 Å². The summed E-state index contributed by atoms with van der Waals surface area (Å²) in [6.07, 6.45) is 2.07. The second kappa shape index (κ2) is 6.17. The molecule has 6 heteroatoms. The summed E-state index contributed by atoms with van der Waals surface area (Å²) in [5, 5.41) is 3.38. The number of imidazole rings is 1. The van der Waals surface area contributed by atoms with E-state index in [9.17, 15) is 0 Å². The summed E-state index contributed by atoms with van der Waals surface area (Å²) < 4.78 is 13.0. The molecule has 1 aromatic heterocycles. The summed E-state index contributed by atoms with van der Waals surface area (Å²) in [7, 11) is 6.01. The predicted octanol–water partition coefficient (Wildman–Crippen LogP) is -0.00890. The van der Waals surface area contributed by atoms with Crippen LogP contribution in [0.4, 0.5) is 5.95 Å². The lowest BCUT2D eigenvalue weighted by Gasteiger charge is -2.23. The van der Waals surface area contributed by atoms with Gasteiger partial charge in [-0.3, -0.25) is 0 Å². The molecule has 1 saturated heterocycles. The lowest BCUT2D eigenvalue weighted by molar-refractivity contribution is -0.0864. The van der Waals surface area contributed by atoms with Gasteiger partial charge in [0.1, 0.15) is 0 Å². The first-order valence-corrected chi connectivity index (χ1v) is 6.26. The number of aromatic nitrogens is 2. The van der Waals surface area contributed by atoms with Crippen LogP contribution in [0.15, 0.2) is 6.20 Å². The molecule has 0 aliphatic carbocycles. The Kier molecular flexibility index (Phi) is 4.57. The number of nitrogens with one attached hydrogen (secondary N) is 1. The van der Waals surface area contributed by atoms with Gasteiger partial charge in [0.05, 0.1) is 37.8 Å². The maximum Gasteiger partial charge on any atom is 0.204 e. The first-order chi connectivity index (χ1) is 8.68. The van der Waals surface area contributed by atoms with Crippen LogP contribution in [0.25, 0.3) is 0 Å². The normalized spacial score (nSPS) is 20.1. The van der Waals surface area contributed by atoms with Gasteiger partial charge in [0.2, 0.25) is 5.95 Å². The van der Waals surface area contributed by atoms with Gasteiger partial charge in [-0.25, -0.2) is 4.98 Å². The van der Waals surface area contributed by atoms with E-state index in [1.807, 2.05) is 32.2 Å². The minimum absolute atomic E-state index is 0.167. The lowest BCUT2D eigenvalue weighted by atomic mass is 10.3. The highest BCUT2D eigenvalue weighted by molar-refractivity contribution is 5.30. The quantitative estimate of drug-likeness (QED) is 0.801. The van der Waals surface area contributed by atoms with E-state index in [1.165, 1.54) is 0 Å². The molecule has 2 heterocycles. The Morgan fingerprint density at radius 3 is 2.94 bits per heavy atom. The van der Waals surface area contributed by atoms with Crippen molar-refractivity contribution in [3.05, 3.63) is 11.9 Å². The first-order valence-electron chi connectivity index (χ1n) is 6.26. The number of hydrogen-bond donors (Lipinski definition) is 1. The average Bonchev–Trinajstić information content (AvgIpc) is 2.73. The Hall–Kier alpha value is -1.11. The number of hydrogen-bond acceptors (Lipinski definition) is 5. The van der Waals surface area contributed by atoms with Crippen LogP contribution in [0.2, 0.25) is 0 Å². The molecule has 0 bridgehead atoms. The molecule has 6 nitrogen and oxygen atoms in total. The van der Waals surface area contributed by atoms with Gasteiger partial charge in [-0.05, 0) is 0 Å². The van der Waals surface area contributed by atoms with Crippen LogP contribution in [0, 0.1) is 0 Å². The van der Waals surface area contributed by atoms with Gasteiger partial charge in [0.25, 0.3) is 0 Å². The molecule has 2 rings (SSSR count). The standard InChI is InChI=1S/C12H22N4O2/c1-15(2)12-14-7-10(16(12)3)6-13-8-11-9-17-4-5-18-11/h7,11,13H,4-6,8-9H2,1-3H3. The molecular weight excluding hydrogens is 232 g/mol. The molecule has 1 atom stereocenters. The fourth-order valence-corrected chi connectivity index (χ4v) is 2.03. The molecule has 0 amide bonds. The van der Waals surface area contributed by atoms with Crippen LogP contribution in [-0.4, -0.2) is 56.1 Å². The van der Waals surface area contributed by atoms with Gasteiger partial charge >= 0.3 is 0 Å². The van der Waals surface area contributed by atoms with Crippen LogP contribution >= 0.6 is 0 Å².